The maximum Gasteiger partial charge on any atom is 0.329 e. The van der Waals surface area contributed by atoms with Crippen LogP contribution in [0.5, 0.6) is 0 Å². The molecule has 2 aliphatic rings. The molecule has 1 saturated carbocycles. The number of likely N-dealkylation sites (tertiary alicyclic amines) is 1. The van der Waals surface area contributed by atoms with Gasteiger partial charge in [0.25, 0.3) is 0 Å². The molecule has 1 aliphatic carbocycles. The Bertz CT molecular complexity index is 392. The smallest absolute Gasteiger partial charge is 0.329 e. The SMILES string of the molecule is CCC1CCC(NC(=O)N2CCCC(N)C2)(C(=O)O)CC1. The molecule has 0 bridgehead atoms. The number of aliphatic carboxylic acids is 1. The van der Waals surface area contributed by atoms with Gasteiger partial charge in [0.05, 0.1) is 0 Å². The molecule has 2 rings (SSSR count). The van der Waals surface area contributed by atoms with Crippen LogP contribution in [0.15, 0.2) is 0 Å². The van der Waals surface area contributed by atoms with Crippen molar-refractivity contribution in [1.29, 1.82) is 0 Å². The summed E-state index contributed by atoms with van der Waals surface area (Å²) in [5.74, 6) is -0.329. The van der Waals surface area contributed by atoms with Gasteiger partial charge in [0.15, 0.2) is 0 Å². The summed E-state index contributed by atoms with van der Waals surface area (Å²) in [5, 5.41) is 12.4. The molecular formula is C15H27N3O3. The lowest BCUT2D eigenvalue weighted by Crippen LogP contribution is -2.61. The third-order valence-corrected chi connectivity index (χ3v) is 5.04. The minimum Gasteiger partial charge on any atom is -0.480 e. The maximum atomic E-state index is 12.4. The number of carbonyl (C=O) groups excluding carboxylic acids is 1. The molecular weight excluding hydrogens is 270 g/mol. The van der Waals surface area contributed by atoms with Crippen LogP contribution in [0.1, 0.15) is 51.9 Å². The zero-order valence-corrected chi connectivity index (χ0v) is 12.8. The van der Waals surface area contributed by atoms with Crippen molar-refractivity contribution < 1.29 is 14.7 Å². The minimum atomic E-state index is -1.09. The highest BCUT2D eigenvalue weighted by Gasteiger charge is 2.43. The molecule has 4 N–H and O–H groups in total. The average Bonchev–Trinajstić information content (AvgIpc) is 2.47. The van der Waals surface area contributed by atoms with Gasteiger partial charge in [0.1, 0.15) is 5.54 Å². The van der Waals surface area contributed by atoms with Crippen molar-refractivity contribution in [3.05, 3.63) is 0 Å². The van der Waals surface area contributed by atoms with Gasteiger partial charge in [-0.05, 0) is 44.4 Å². The van der Waals surface area contributed by atoms with Crippen molar-refractivity contribution in [3.8, 4) is 0 Å². The van der Waals surface area contributed by atoms with E-state index in [4.69, 9.17) is 5.73 Å². The fourth-order valence-corrected chi connectivity index (χ4v) is 3.45. The van der Waals surface area contributed by atoms with Crippen LogP contribution in [-0.4, -0.2) is 46.7 Å². The van der Waals surface area contributed by atoms with Crippen LogP contribution < -0.4 is 11.1 Å². The highest BCUT2D eigenvalue weighted by Crippen LogP contribution is 2.34. The number of carboxylic acids is 1. The van der Waals surface area contributed by atoms with Gasteiger partial charge in [-0.15, -0.1) is 0 Å². The van der Waals surface area contributed by atoms with Crippen molar-refractivity contribution in [2.45, 2.75) is 63.5 Å². The van der Waals surface area contributed by atoms with Crippen molar-refractivity contribution in [2.75, 3.05) is 13.1 Å². The Hall–Kier alpha value is -1.30. The first kappa shape index (κ1) is 16.1. The van der Waals surface area contributed by atoms with Gasteiger partial charge in [-0.2, -0.15) is 0 Å². The van der Waals surface area contributed by atoms with E-state index in [1.807, 2.05) is 0 Å². The van der Waals surface area contributed by atoms with Crippen LogP contribution >= 0.6 is 0 Å². The summed E-state index contributed by atoms with van der Waals surface area (Å²) in [6.45, 7) is 3.30. The minimum absolute atomic E-state index is 0.00102. The molecule has 0 aromatic heterocycles. The molecule has 0 aromatic rings. The summed E-state index contributed by atoms with van der Waals surface area (Å²) in [6, 6.07) is -0.274. The molecule has 1 atom stereocenters. The zero-order valence-electron chi connectivity index (χ0n) is 12.8. The Morgan fingerprint density at radius 1 is 1.33 bits per heavy atom. The quantitative estimate of drug-likeness (QED) is 0.736. The molecule has 1 aliphatic heterocycles. The molecule has 6 nitrogen and oxygen atoms in total. The van der Waals surface area contributed by atoms with E-state index in [-0.39, 0.29) is 12.1 Å². The van der Waals surface area contributed by atoms with Crippen molar-refractivity contribution in [2.24, 2.45) is 11.7 Å². The van der Waals surface area contributed by atoms with E-state index >= 15 is 0 Å². The summed E-state index contributed by atoms with van der Waals surface area (Å²) in [7, 11) is 0. The first-order valence-corrected chi connectivity index (χ1v) is 8.03. The molecule has 6 heteroatoms. The predicted molar refractivity (Wildman–Crippen MR) is 79.9 cm³/mol. The van der Waals surface area contributed by atoms with Crippen molar-refractivity contribution in [3.63, 3.8) is 0 Å². The second kappa shape index (κ2) is 6.64. The van der Waals surface area contributed by atoms with E-state index in [1.165, 1.54) is 0 Å². The Kier molecular flexibility index (Phi) is 5.08. The standard InChI is InChI=1S/C15H27N3O3/c1-2-11-5-7-15(8-6-11,13(19)20)17-14(21)18-9-3-4-12(16)10-18/h11-12H,2-10,16H2,1H3,(H,17,21)(H,19,20). The molecule has 21 heavy (non-hydrogen) atoms. The van der Waals surface area contributed by atoms with E-state index < -0.39 is 11.5 Å². The average molecular weight is 297 g/mol. The first-order chi connectivity index (χ1) is 9.97. The number of carboxylic acid groups (broad SMARTS) is 1. The number of nitrogens with zero attached hydrogens (tertiary/aromatic N) is 1. The highest BCUT2D eigenvalue weighted by molar-refractivity contribution is 5.86. The summed E-state index contributed by atoms with van der Waals surface area (Å²) in [6.07, 6.45) is 5.65. The summed E-state index contributed by atoms with van der Waals surface area (Å²) in [4.78, 5) is 25.7. The third kappa shape index (κ3) is 3.67. The number of urea groups is 1. The second-order valence-corrected chi connectivity index (χ2v) is 6.52. The van der Waals surface area contributed by atoms with Gasteiger partial charge in [-0.3, -0.25) is 0 Å². The maximum absolute atomic E-state index is 12.4. The fraction of sp³-hybridized carbons (Fsp3) is 0.867. The molecule has 120 valence electrons. The zero-order chi connectivity index (χ0) is 15.5. The highest BCUT2D eigenvalue weighted by atomic mass is 16.4. The second-order valence-electron chi connectivity index (χ2n) is 6.52. The Morgan fingerprint density at radius 3 is 2.52 bits per heavy atom. The Balaban J connectivity index is 1.99. The van der Waals surface area contributed by atoms with Gasteiger partial charge in [0, 0.05) is 19.1 Å². The van der Waals surface area contributed by atoms with E-state index in [2.05, 4.69) is 12.2 Å². The van der Waals surface area contributed by atoms with Crippen LogP contribution in [0.25, 0.3) is 0 Å². The van der Waals surface area contributed by atoms with E-state index in [1.54, 1.807) is 4.90 Å². The largest absolute Gasteiger partial charge is 0.480 e. The number of carbonyl (C=O) groups is 2. The number of piperidine rings is 1. The van der Waals surface area contributed by atoms with Crippen LogP contribution in [-0.2, 0) is 4.79 Å². The van der Waals surface area contributed by atoms with Gasteiger partial charge in [-0.1, -0.05) is 13.3 Å². The van der Waals surface area contributed by atoms with Gasteiger partial charge in [-0.25, -0.2) is 9.59 Å². The van der Waals surface area contributed by atoms with Crippen molar-refractivity contribution >= 4 is 12.0 Å². The number of hydrogen-bond acceptors (Lipinski definition) is 3. The Labute approximate surface area is 126 Å². The van der Waals surface area contributed by atoms with Crippen LogP contribution in [0.3, 0.4) is 0 Å². The number of amides is 2. The molecule has 0 radical (unpaired) electrons. The summed E-state index contributed by atoms with van der Waals surface area (Å²) in [5.41, 5.74) is 4.79. The summed E-state index contributed by atoms with van der Waals surface area (Å²) >= 11 is 0. The molecule has 0 aromatic carbocycles. The van der Waals surface area contributed by atoms with Gasteiger partial charge in [0.2, 0.25) is 0 Å². The number of hydrogen-bond donors (Lipinski definition) is 3. The number of nitrogens with one attached hydrogen (secondary N) is 1. The third-order valence-electron chi connectivity index (χ3n) is 5.04. The molecule has 1 heterocycles. The number of nitrogens with two attached hydrogens (primary N) is 1. The monoisotopic (exact) mass is 297 g/mol. The van der Waals surface area contributed by atoms with Gasteiger partial charge < -0.3 is 21.1 Å². The topological polar surface area (TPSA) is 95.7 Å². The van der Waals surface area contributed by atoms with E-state index in [0.717, 1.165) is 32.1 Å². The van der Waals surface area contributed by atoms with E-state index in [9.17, 15) is 14.7 Å². The molecule has 2 amide bonds. The fourth-order valence-electron chi connectivity index (χ4n) is 3.45. The Morgan fingerprint density at radius 2 is 2.00 bits per heavy atom. The lowest BCUT2D eigenvalue weighted by atomic mass is 9.75. The van der Waals surface area contributed by atoms with Gasteiger partial charge >= 0.3 is 12.0 Å². The van der Waals surface area contributed by atoms with E-state index in [0.29, 0.717) is 31.8 Å². The first-order valence-electron chi connectivity index (χ1n) is 8.03. The molecule has 2 fully saturated rings. The molecule has 1 saturated heterocycles. The van der Waals surface area contributed by atoms with Crippen molar-refractivity contribution in [1.82, 2.24) is 10.2 Å². The normalized spacial score (nSPS) is 33.5. The van der Waals surface area contributed by atoms with Crippen LogP contribution in [0, 0.1) is 5.92 Å². The lowest BCUT2D eigenvalue weighted by Gasteiger charge is -2.39. The molecule has 1 unspecified atom stereocenters. The predicted octanol–water partition coefficient (Wildman–Crippen LogP) is 1.54. The van der Waals surface area contributed by atoms with Crippen LogP contribution in [0.4, 0.5) is 4.79 Å². The molecule has 0 spiro atoms. The number of rotatable bonds is 3. The summed E-state index contributed by atoms with van der Waals surface area (Å²) < 4.78 is 0. The van der Waals surface area contributed by atoms with Crippen LogP contribution in [0.2, 0.25) is 0 Å². The lowest BCUT2D eigenvalue weighted by molar-refractivity contribution is -0.146.